The average molecular weight is 494 g/mol. The summed E-state index contributed by atoms with van der Waals surface area (Å²) in [6.07, 6.45) is 5.84. The number of likely N-dealkylation sites (N-methyl/N-ethyl adjacent to an activating group) is 1. The summed E-state index contributed by atoms with van der Waals surface area (Å²) in [4.78, 5) is 11.5. The minimum Gasteiger partial charge on any atom is -0.358 e. The van der Waals surface area contributed by atoms with Crippen LogP contribution in [0.1, 0.15) is 36.4 Å². The molecule has 36 heavy (non-hydrogen) atoms. The summed E-state index contributed by atoms with van der Waals surface area (Å²) in [5.74, 6) is -0.248. The smallest absolute Gasteiger partial charge is 0.123 e. The summed E-state index contributed by atoms with van der Waals surface area (Å²) in [5.41, 5.74) is 5.20. The molecule has 0 amide bonds. The third kappa shape index (κ3) is 7.53. The first-order valence-corrected chi connectivity index (χ1v) is 12.9. The molecule has 1 aliphatic rings. The van der Waals surface area contributed by atoms with Crippen molar-refractivity contribution < 1.29 is 4.39 Å². The van der Waals surface area contributed by atoms with E-state index in [2.05, 4.69) is 44.8 Å². The van der Waals surface area contributed by atoms with Gasteiger partial charge in [-0.2, -0.15) is 0 Å². The van der Waals surface area contributed by atoms with E-state index in [0.29, 0.717) is 0 Å². The molecule has 6 heteroatoms. The van der Waals surface area contributed by atoms with Crippen LogP contribution in [0.3, 0.4) is 0 Å². The van der Waals surface area contributed by atoms with Crippen LogP contribution in [-0.2, 0) is 0 Å². The number of nitrogens with zero attached hydrogens (tertiary/aromatic N) is 2. The van der Waals surface area contributed by atoms with Crippen molar-refractivity contribution in [2.24, 2.45) is 0 Å². The fraction of sp³-hybridized carbons (Fsp3) is 0.400. The minimum absolute atomic E-state index is 0.248. The van der Waals surface area contributed by atoms with Crippen LogP contribution in [0.25, 0.3) is 29.6 Å². The number of aromatic amines is 2. The van der Waals surface area contributed by atoms with E-state index < -0.39 is 0 Å². The lowest BCUT2D eigenvalue weighted by molar-refractivity contribution is 0.144. The Labute approximate surface area is 216 Å². The highest BCUT2D eigenvalue weighted by Crippen LogP contribution is 2.19. The number of H-pyrrole nitrogens is 2. The molecule has 0 saturated carbocycles. The number of halogens is 1. The average Bonchev–Trinajstić information content (AvgIpc) is 3.34. The topological polar surface area (TPSA) is 50.1 Å². The highest BCUT2D eigenvalue weighted by atomic mass is 19.1. The second kappa shape index (κ2) is 14.6. The standard InChI is InChI=1S/C18H17FN2.C10H21N3.C2H6/c1-5-14-10(2)18(21-11(14)3)9-15-12(4)20-17-7-6-13(19)8-16(15)17;1-3-5-12-7-9-13(10-8-12)6-4-11-2;1-2/h5-9,20-21H,1,4H2,2-3H3;3,11H,1,4-10H2,2H3;1-2H3/b15-9+;;. The van der Waals surface area contributed by atoms with E-state index in [-0.39, 0.29) is 5.82 Å². The molecule has 2 aromatic heterocycles. The molecule has 0 atom stereocenters. The van der Waals surface area contributed by atoms with Crippen LogP contribution in [0.2, 0.25) is 0 Å². The van der Waals surface area contributed by atoms with Crippen LogP contribution in [-0.4, -0.2) is 72.6 Å². The molecule has 3 N–H and O–H groups in total. The number of aromatic nitrogens is 2. The predicted octanol–water partition coefficient (Wildman–Crippen LogP) is 4.17. The van der Waals surface area contributed by atoms with Gasteiger partial charge in [0.1, 0.15) is 5.82 Å². The molecule has 0 spiro atoms. The molecule has 4 rings (SSSR count). The fourth-order valence-corrected chi connectivity index (χ4v) is 4.44. The third-order valence-corrected chi connectivity index (χ3v) is 6.44. The summed E-state index contributed by atoms with van der Waals surface area (Å²) in [5, 5.41) is 5.71. The van der Waals surface area contributed by atoms with Crippen molar-refractivity contribution in [3.8, 4) is 0 Å². The first-order valence-electron chi connectivity index (χ1n) is 12.9. The zero-order chi connectivity index (χ0) is 26.7. The number of rotatable bonds is 7. The molecular formula is C30H44FN5. The number of piperazine rings is 1. The lowest BCUT2D eigenvalue weighted by Gasteiger charge is -2.33. The monoisotopic (exact) mass is 493 g/mol. The molecule has 0 bridgehead atoms. The second-order valence-electron chi connectivity index (χ2n) is 8.79. The molecule has 3 aromatic rings. The van der Waals surface area contributed by atoms with Gasteiger partial charge in [0.15, 0.2) is 0 Å². The first-order chi connectivity index (χ1) is 17.4. The van der Waals surface area contributed by atoms with E-state index in [1.165, 1.54) is 44.9 Å². The molecule has 196 valence electrons. The van der Waals surface area contributed by atoms with Crippen molar-refractivity contribution in [3.63, 3.8) is 0 Å². The summed E-state index contributed by atoms with van der Waals surface area (Å²) in [7, 11) is 2.01. The summed E-state index contributed by atoms with van der Waals surface area (Å²) in [6, 6.07) is 4.71. The first kappa shape index (κ1) is 29.3. The van der Waals surface area contributed by atoms with Crippen LogP contribution >= 0.6 is 0 Å². The lowest BCUT2D eigenvalue weighted by Crippen LogP contribution is -2.47. The quantitative estimate of drug-likeness (QED) is 0.433. The Morgan fingerprint density at radius 1 is 1.06 bits per heavy atom. The van der Waals surface area contributed by atoms with E-state index in [4.69, 9.17) is 0 Å². The van der Waals surface area contributed by atoms with Gasteiger partial charge in [-0.1, -0.05) is 39.2 Å². The number of nitrogens with one attached hydrogen (secondary N) is 3. The van der Waals surface area contributed by atoms with Crippen LogP contribution in [0.4, 0.5) is 4.39 Å². The molecular weight excluding hydrogens is 449 g/mol. The maximum atomic E-state index is 13.5. The van der Waals surface area contributed by atoms with Gasteiger partial charge in [-0.15, -0.1) is 6.58 Å². The Bertz CT molecular complexity index is 1230. The molecule has 1 aliphatic heterocycles. The predicted molar refractivity (Wildman–Crippen MR) is 155 cm³/mol. The van der Waals surface area contributed by atoms with Crippen molar-refractivity contribution in [2.75, 3.05) is 52.9 Å². The van der Waals surface area contributed by atoms with Crippen molar-refractivity contribution in [1.82, 2.24) is 25.1 Å². The zero-order valence-corrected chi connectivity index (χ0v) is 22.8. The van der Waals surface area contributed by atoms with Gasteiger partial charge < -0.3 is 15.3 Å². The van der Waals surface area contributed by atoms with Crippen molar-refractivity contribution >= 4 is 29.6 Å². The third-order valence-electron chi connectivity index (χ3n) is 6.44. The number of fused-ring (bicyclic) bond motifs is 1. The molecule has 5 nitrogen and oxygen atoms in total. The van der Waals surface area contributed by atoms with Gasteiger partial charge in [0, 0.05) is 78.7 Å². The van der Waals surface area contributed by atoms with Crippen molar-refractivity contribution in [1.29, 1.82) is 0 Å². The van der Waals surface area contributed by atoms with Gasteiger partial charge in [-0.3, -0.25) is 9.80 Å². The maximum absolute atomic E-state index is 13.5. The van der Waals surface area contributed by atoms with Crippen LogP contribution in [0.5, 0.6) is 0 Å². The lowest BCUT2D eigenvalue weighted by atomic mass is 10.1. The van der Waals surface area contributed by atoms with E-state index >= 15 is 0 Å². The normalized spacial score (nSPS) is 14.7. The van der Waals surface area contributed by atoms with Crippen LogP contribution in [0.15, 0.2) is 37.4 Å². The minimum atomic E-state index is -0.248. The second-order valence-corrected chi connectivity index (χ2v) is 8.79. The van der Waals surface area contributed by atoms with Crippen molar-refractivity contribution in [2.45, 2.75) is 27.7 Å². The summed E-state index contributed by atoms with van der Waals surface area (Å²) < 4.78 is 13.5. The molecule has 0 aliphatic carbocycles. The van der Waals surface area contributed by atoms with E-state index in [9.17, 15) is 4.39 Å². The molecule has 3 heterocycles. The number of hydrogen-bond donors (Lipinski definition) is 3. The molecule has 0 unspecified atom stereocenters. The Hall–Kier alpha value is -2.93. The van der Waals surface area contributed by atoms with Crippen LogP contribution < -0.4 is 15.9 Å². The highest BCUT2D eigenvalue weighted by molar-refractivity contribution is 5.82. The van der Waals surface area contributed by atoms with Gasteiger partial charge in [-0.05, 0) is 56.3 Å². The zero-order valence-electron chi connectivity index (χ0n) is 22.8. The Morgan fingerprint density at radius 2 is 1.72 bits per heavy atom. The largest absolute Gasteiger partial charge is 0.358 e. The molecule has 0 radical (unpaired) electrons. The summed E-state index contributed by atoms with van der Waals surface area (Å²) in [6.45, 7) is 27.8. The SMILES string of the molecule is C=CCN1CCN(CCNC)CC1.C=Cc1c(C)[nH]c(/C=c2\c(=C)[nH]c3ccc(F)cc23)c1C.CC. The maximum Gasteiger partial charge on any atom is 0.123 e. The molecule has 1 saturated heterocycles. The van der Waals surface area contributed by atoms with Gasteiger partial charge in [0.05, 0.1) is 0 Å². The Balaban J connectivity index is 0.000000262. The van der Waals surface area contributed by atoms with Gasteiger partial charge in [0.25, 0.3) is 0 Å². The highest BCUT2D eigenvalue weighted by Gasteiger charge is 2.14. The fourth-order valence-electron chi connectivity index (χ4n) is 4.44. The Kier molecular flexibility index (Phi) is 11.9. The number of hydrogen-bond acceptors (Lipinski definition) is 3. The van der Waals surface area contributed by atoms with Crippen LogP contribution in [0, 0.1) is 19.7 Å². The van der Waals surface area contributed by atoms with Gasteiger partial charge in [0.2, 0.25) is 0 Å². The number of aryl methyl sites for hydroxylation is 1. The molecule has 1 fully saturated rings. The summed E-state index contributed by atoms with van der Waals surface area (Å²) >= 11 is 0. The van der Waals surface area contributed by atoms with E-state index in [1.54, 1.807) is 6.07 Å². The van der Waals surface area contributed by atoms with Gasteiger partial charge in [-0.25, -0.2) is 4.39 Å². The van der Waals surface area contributed by atoms with Gasteiger partial charge >= 0.3 is 0 Å². The van der Waals surface area contributed by atoms with E-state index in [1.807, 2.05) is 53.0 Å². The number of benzene rings is 1. The molecule has 1 aromatic carbocycles. The Morgan fingerprint density at radius 3 is 2.31 bits per heavy atom. The van der Waals surface area contributed by atoms with Crippen molar-refractivity contribution in [3.05, 3.63) is 76.3 Å². The van der Waals surface area contributed by atoms with E-state index in [0.717, 1.165) is 57.1 Å².